The lowest BCUT2D eigenvalue weighted by molar-refractivity contribution is 0.0978. The molecule has 0 bridgehead atoms. The Labute approximate surface area is 203 Å². The van der Waals surface area contributed by atoms with Crippen LogP contribution in [0.4, 0.5) is 11.5 Å². The second-order valence-corrected chi connectivity index (χ2v) is 8.98. The number of hydrogen-bond donors (Lipinski definition) is 3. The molecule has 0 aliphatic carbocycles. The Hall–Kier alpha value is -3.71. The van der Waals surface area contributed by atoms with E-state index < -0.39 is 15.9 Å². The average Bonchev–Trinajstić information content (AvgIpc) is 2.80. The molecule has 0 atom stereocenters. The number of thiocarbonyl (C=S) groups is 1. The van der Waals surface area contributed by atoms with Gasteiger partial charge in [-0.1, -0.05) is 23.2 Å². The van der Waals surface area contributed by atoms with Crippen molar-refractivity contribution in [3.8, 4) is 11.9 Å². The molecule has 34 heavy (non-hydrogen) atoms. The molecule has 0 saturated carbocycles. The van der Waals surface area contributed by atoms with E-state index in [0.29, 0.717) is 16.7 Å². The zero-order valence-electron chi connectivity index (χ0n) is 18.4. The number of methoxy groups -OCH3 is 2. The molecule has 0 saturated heterocycles. The number of ether oxygens (including phenoxy) is 2. The van der Waals surface area contributed by atoms with E-state index >= 15 is 0 Å². The topological polar surface area (TPSA) is 132 Å². The van der Waals surface area contributed by atoms with Gasteiger partial charge in [-0.2, -0.15) is 9.97 Å². The highest BCUT2D eigenvalue weighted by molar-refractivity contribution is 7.92. The van der Waals surface area contributed by atoms with Gasteiger partial charge in [0.1, 0.15) is 7.85 Å². The van der Waals surface area contributed by atoms with Gasteiger partial charge in [-0.3, -0.25) is 14.8 Å². The molecule has 1 amide bonds. The smallest absolute Gasteiger partial charge is 0.321 e. The molecule has 174 valence electrons. The van der Waals surface area contributed by atoms with Gasteiger partial charge in [-0.25, -0.2) is 8.42 Å². The van der Waals surface area contributed by atoms with E-state index in [0.717, 1.165) is 5.56 Å². The van der Waals surface area contributed by atoms with Crippen LogP contribution in [-0.4, -0.2) is 51.5 Å². The van der Waals surface area contributed by atoms with Gasteiger partial charge in [0.05, 0.1) is 19.1 Å². The van der Waals surface area contributed by atoms with Crippen molar-refractivity contribution < 1.29 is 22.7 Å². The molecular weight excluding hydrogens is 477 g/mol. The first-order valence-corrected chi connectivity index (χ1v) is 11.6. The fraction of sp³-hybridized carbons (Fsp3) is 0.143. The number of hydrogen-bond acceptors (Lipinski definition) is 8. The SMILES string of the molecule is [B]c1cc(C(=O)NC(=S)Nc2ccc(S(=O)(=O)Nc3cc(OC)nc(OC)n3)cc2)ccc1C. The normalized spacial score (nSPS) is 10.8. The zero-order valence-corrected chi connectivity index (χ0v) is 20.1. The van der Waals surface area contributed by atoms with E-state index in [9.17, 15) is 13.2 Å². The Kier molecular flexibility index (Phi) is 7.69. The standard InChI is InChI=1S/C21H20BN5O5S2/c1-12-4-5-13(10-16(12)22)19(28)26-21(33)23-14-6-8-15(9-7-14)34(29,30)27-17-11-18(31-2)25-20(24-17)32-3/h4-11H,1-3H3,(H,24,25,27)(H2,23,26,28,33). The van der Waals surface area contributed by atoms with Crippen LogP contribution < -0.4 is 30.3 Å². The predicted octanol–water partition coefficient (Wildman–Crippen LogP) is 1.52. The van der Waals surface area contributed by atoms with Crippen LogP contribution in [0.2, 0.25) is 0 Å². The van der Waals surface area contributed by atoms with Crippen LogP contribution in [-0.2, 0) is 10.0 Å². The Morgan fingerprint density at radius 1 is 1.03 bits per heavy atom. The summed E-state index contributed by atoms with van der Waals surface area (Å²) < 4.78 is 37.7. The fourth-order valence-corrected chi connectivity index (χ4v) is 3.89. The second kappa shape index (κ2) is 10.5. The first-order valence-electron chi connectivity index (χ1n) is 9.69. The number of anilines is 2. The van der Waals surface area contributed by atoms with Crippen molar-refractivity contribution in [3.05, 3.63) is 59.7 Å². The van der Waals surface area contributed by atoms with E-state index in [4.69, 9.17) is 29.5 Å². The minimum atomic E-state index is -3.96. The van der Waals surface area contributed by atoms with Gasteiger partial charge in [-0.05, 0) is 49.5 Å². The summed E-state index contributed by atoms with van der Waals surface area (Å²) in [4.78, 5) is 20.2. The quantitative estimate of drug-likeness (QED) is 0.329. The summed E-state index contributed by atoms with van der Waals surface area (Å²) in [5, 5.41) is 5.41. The number of carbonyl (C=O) groups is 1. The number of rotatable bonds is 7. The zero-order chi connectivity index (χ0) is 24.9. The molecular formula is C21H20BN5O5S2. The maximum Gasteiger partial charge on any atom is 0.321 e. The summed E-state index contributed by atoms with van der Waals surface area (Å²) in [5.74, 6) is -0.317. The lowest BCUT2D eigenvalue weighted by atomic mass is 9.89. The third kappa shape index (κ3) is 6.20. The highest BCUT2D eigenvalue weighted by Gasteiger charge is 2.17. The fourth-order valence-electron chi connectivity index (χ4n) is 2.69. The number of amides is 1. The molecule has 1 aromatic heterocycles. The highest BCUT2D eigenvalue weighted by atomic mass is 32.2. The first kappa shape index (κ1) is 24.9. The molecule has 1 heterocycles. The molecule has 2 radical (unpaired) electrons. The molecule has 3 aromatic rings. The Morgan fingerprint density at radius 3 is 2.35 bits per heavy atom. The van der Waals surface area contributed by atoms with Crippen molar-refractivity contribution in [2.75, 3.05) is 24.3 Å². The molecule has 2 aromatic carbocycles. The van der Waals surface area contributed by atoms with E-state index in [-0.39, 0.29) is 27.7 Å². The van der Waals surface area contributed by atoms with Crippen molar-refractivity contribution in [3.63, 3.8) is 0 Å². The maximum atomic E-state index is 12.7. The van der Waals surface area contributed by atoms with Gasteiger partial charge >= 0.3 is 6.01 Å². The van der Waals surface area contributed by atoms with Crippen molar-refractivity contribution in [1.82, 2.24) is 15.3 Å². The number of nitrogens with zero attached hydrogens (tertiary/aromatic N) is 2. The van der Waals surface area contributed by atoms with E-state index in [1.807, 2.05) is 6.92 Å². The van der Waals surface area contributed by atoms with Gasteiger partial charge in [0.2, 0.25) is 5.88 Å². The number of aromatic nitrogens is 2. The van der Waals surface area contributed by atoms with Gasteiger partial charge in [0.25, 0.3) is 15.9 Å². The minimum Gasteiger partial charge on any atom is -0.481 e. The lowest BCUT2D eigenvalue weighted by Crippen LogP contribution is -2.34. The van der Waals surface area contributed by atoms with Gasteiger partial charge < -0.3 is 14.8 Å². The molecule has 3 N–H and O–H groups in total. The summed E-state index contributed by atoms with van der Waals surface area (Å²) in [6.07, 6.45) is 0. The largest absolute Gasteiger partial charge is 0.481 e. The number of carbonyl (C=O) groups excluding carboxylic acids is 1. The van der Waals surface area contributed by atoms with Crippen LogP contribution in [0, 0.1) is 6.92 Å². The summed E-state index contributed by atoms with van der Waals surface area (Å²) in [6.45, 7) is 1.84. The Balaban J connectivity index is 1.66. The number of aryl methyl sites for hydroxylation is 1. The van der Waals surface area contributed by atoms with Crippen molar-refractivity contribution in [2.45, 2.75) is 11.8 Å². The predicted molar refractivity (Wildman–Crippen MR) is 133 cm³/mol. The molecule has 0 spiro atoms. The van der Waals surface area contributed by atoms with Gasteiger partial charge in [-0.15, -0.1) is 0 Å². The molecule has 0 unspecified atom stereocenters. The van der Waals surface area contributed by atoms with Crippen LogP contribution >= 0.6 is 12.2 Å². The number of nitrogens with one attached hydrogen (secondary N) is 3. The molecule has 0 aliphatic heterocycles. The summed E-state index contributed by atoms with van der Waals surface area (Å²) in [7, 11) is 4.61. The third-order valence-corrected chi connectivity index (χ3v) is 6.08. The summed E-state index contributed by atoms with van der Waals surface area (Å²) in [5.41, 5.74) is 2.19. The third-order valence-electron chi connectivity index (χ3n) is 4.50. The summed E-state index contributed by atoms with van der Waals surface area (Å²) in [6, 6.07) is 11.9. The van der Waals surface area contributed by atoms with E-state index in [1.165, 1.54) is 44.6 Å². The molecule has 10 nitrogen and oxygen atoms in total. The Bertz CT molecular complexity index is 1310. The summed E-state index contributed by atoms with van der Waals surface area (Å²) >= 11 is 5.17. The van der Waals surface area contributed by atoms with Crippen molar-refractivity contribution >= 4 is 58.1 Å². The van der Waals surface area contributed by atoms with Crippen LogP contribution in [0.1, 0.15) is 15.9 Å². The molecule has 0 fully saturated rings. The van der Waals surface area contributed by atoms with Crippen LogP contribution in [0.15, 0.2) is 53.4 Å². The number of sulfonamides is 1. The monoisotopic (exact) mass is 497 g/mol. The lowest BCUT2D eigenvalue weighted by Gasteiger charge is -2.12. The molecule has 0 aliphatic rings. The van der Waals surface area contributed by atoms with Gasteiger partial charge in [0.15, 0.2) is 10.9 Å². The highest BCUT2D eigenvalue weighted by Crippen LogP contribution is 2.21. The van der Waals surface area contributed by atoms with Crippen LogP contribution in [0.3, 0.4) is 0 Å². The van der Waals surface area contributed by atoms with Crippen molar-refractivity contribution in [2.24, 2.45) is 0 Å². The first-order chi connectivity index (χ1) is 16.1. The second-order valence-electron chi connectivity index (χ2n) is 6.89. The molecule has 13 heteroatoms. The Morgan fingerprint density at radius 2 is 1.74 bits per heavy atom. The van der Waals surface area contributed by atoms with Crippen LogP contribution in [0.5, 0.6) is 11.9 Å². The molecule has 3 rings (SSSR count). The van der Waals surface area contributed by atoms with E-state index in [2.05, 4.69) is 25.3 Å². The minimum absolute atomic E-state index is 0.0217. The van der Waals surface area contributed by atoms with Gasteiger partial charge in [0, 0.05) is 17.3 Å². The van der Waals surface area contributed by atoms with Crippen molar-refractivity contribution in [1.29, 1.82) is 0 Å². The maximum absolute atomic E-state index is 12.7. The van der Waals surface area contributed by atoms with E-state index in [1.54, 1.807) is 18.2 Å². The van der Waals surface area contributed by atoms with Crippen LogP contribution in [0.25, 0.3) is 0 Å². The number of benzene rings is 2. The average molecular weight is 497 g/mol.